The third kappa shape index (κ3) is 8.03. The molecule has 6 rings (SSSR count). The van der Waals surface area contributed by atoms with Gasteiger partial charge in [0.15, 0.2) is 5.75 Å². The highest BCUT2D eigenvalue weighted by Crippen LogP contribution is 2.42. The summed E-state index contributed by atoms with van der Waals surface area (Å²) in [6.45, 7) is 14.8. The summed E-state index contributed by atoms with van der Waals surface area (Å²) in [5.74, 6) is -0.0272. The fraction of sp³-hybridized carbons (Fsp3) is 0.429. The molecule has 0 amide bonds. The lowest BCUT2D eigenvalue weighted by Crippen LogP contribution is -2.52. The summed E-state index contributed by atoms with van der Waals surface area (Å²) in [6, 6.07) is 7.15. The van der Waals surface area contributed by atoms with E-state index in [1.807, 2.05) is 6.92 Å². The minimum absolute atomic E-state index is 0.0335. The standard InChI is InChI=1S/C35H43F3N9O2P/c1-6-23-20-28(30(49-35(36,37)38)21-29(23)47-14-10-25(11-15-47)46-18-16-45(3)17-19-46)43-34-41-22-24(7-2)33(44-34)42-27-9-8-26-31(40-13-12-39-26)32(27)50(4,5)48/h7-9,12-13,20-22,25H,2,6,10-11,14-19H2,1,3-5H3,(H2,41,42,43,44). The lowest BCUT2D eigenvalue weighted by Gasteiger charge is -2.43. The van der Waals surface area contributed by atoms with Crippen molar-refractivity contribution in [1.29, 1.82) is 0 Å². The number of piperidine rings is 1. The number of aromatic nitrogens is 4. The molecule has 0 unspecified atom stereocenters. The van der Waals surface area contributed by atoms with Crippen LogP contribution in [0.15, 0.2) is 49.4 Å². The Labute approximate surface area is 290 Å². The van der Waals surface area contributed by atoms with Gasteiger partial charge in [-0.1, -0.05) is 19.6 Å². The first-order valence-electron chi connectivity index (χ1n) is 16.8. The first-order valence-corrected chi connectivity index (χ1v) is 19.4. The van der Waals surface area contributed by atoms with Crippen molar-refractivity contribution in [2.24, 2.45) is 0 Å². The zero-order valence-corrected chi connectivity index (χ0v) is 29.7. The normalized spacial score (nSPS) is 16.8. The van der Waals surface area contributed by atoms with Crippen LogP contribution < -0.4 is 25.6 Å². The van der Waals surface area contributed by atoms with E-state index in [9.17, 15) is 17.7 Å². The van der Waals surface area contributed by atoms with Gasteiger partial charge in [-0.25, -0.2) is 4.98 Å². The number of benzene rings is 2. The van der Waals surface area contributed by atoms with E-state index in [0.717, 1.165) is 63.4 Å². The molecule has 4 aromatic rings. The Kier molecular flexibility index (Phi) is 10.3. The number of likely N-dealkylation sites (N-methyl/N-ethyl adjacent to an activating group) is 1. The molecule has 15 heteroatoms. The molecule has 0 bridgehead atoms. The van der Waals surface area contributed by atoms with Crippen LogP contribution >= 0.6 is 7.14 Å². The Morgan fingerprint density at radius 2 is 1.72 bits per heavy atom. The molecular formula is C35H43F3N9O2P. The van der Waals surface area contributed by atoms with Crippen LogP contribution in [0.5, 0.6) is 5.75 Å². The number of ether oxygens (including phenoxy) is 1. The summed E-state index contributed by atoms with van der Waals surface area (Å²) in [7, 11) is -0.737. The molecule has 4 heterocycles. The molecule has 2 N–H and O–H groups in total. The van der Waals surface area contributed by atoms with Crippen molar-refractivity contribution in [3.8, 4) is 5.75 Å². The Morgan fingerprint density at radius 1 is 1.00 bits per heavy atom. The summed E-state index contributed by atoms with van der Waals surface area (Å²) < 4.78 is 59.4. The van der Waals surface area contributed by atoms with E-state index in [1.54, 1.807) is 50.0 Å². The van der Waals surface area contributed by atoms with Crippen LogP contribution in [0.2, 0.25) is 0 Å². The van der Waals surface area contributed by atoms with E-state index in [1.165, 1.54) is 12.3 Å². The van der Waals surface area contributed by atoms with Crippen molar-refractivity contribution in [2.45, 2.75) is 38.6 Å². The minimum atomic E-state index is -4.92. The molecule has 2 fully saturated rings. The van der Waals surface area contributed by atoms with Crippen molar-refractivity contribution in [3.63, 3.8) is 0 Å². The van der Waals surface area contributed by atoms with Crippen molar-refractivity contribution < 1.29 is 22.5 Å². The Balaban J connectivity index is 1.30. The zero-order chi connectivity index (χ0) is 35.6. The van der Waals surface area contributed by atoms with Gasteiger partial charge in [-0.3, -0.25) is 14.9 Å². The second kappa shape index (κ2) is 14.5. The van der Waals surface area contributed by atoms with Gasteiger partial charge in [0, 0.05) is 81.2 Å². The Bertz CT molecular complexity index is 1900. The van der Waals surface area contributed by atoms with Crippen LogP contribution in [-0.2, 0) is 11.0 Å². The second-order valence-electron chi connectivity index (χ2n) is 13.1. The lowest BCUT2D eigenvalue weighted by atomic mass is 9.99. The summed E-state index contributed by atoms with van der Waals surface area (Å²) in [5.41, 5.74) is 3.83. The highest BCUT2D eigenvalue weighted by atomic mass is 31.2. The second-order valence-corrected chi connectivity index (χ2v) is 16.3. The molecule has 2 aliphatic heterocycles. The van der Waals surface area contributed by atoms with Gasteiger partial charge in [0.1, 0.15) is 18.5 Å². The van der Waals surface area contributed by atoms with Crippen LogP contribution in [0.3, 0.4) is 0 Å². The van der Waals surface area contributed by atoms with Crippen molar-refractivity contribution in [1.82, 2.24) is 29.7 Å². The van der Waals surface area contributed by atoms with Gasteiger partial charge in [0.05, 0.1) is 22.2 Å². The molecule has 2 aromatic heterocycles. The number of fused-ring (bicyclic) bond motifs is 1. The third-order valence-corrected chi connectivity index (χ3v) is 10.9. The molecule has 0 aliphatic carbocycles. The number of rotatable bonds is 10. The highest BCUT2D eigenvalue weighted by molar-refractivity contribution is 7.71. The van der Waals surface area contributed by atoms with Crippen LogP contribution in [-0.4, -0.2) is 102 Å². The van der Waals surface area contributed by atoms with Gasteiger partial charge in [-0.05, 0) is 63.4 Å². The number of nitrogens with one attached hydrogen (secondary N) is 2. The maximum atomic E-state index is 13.8. The topological polar surface area (TPSA) is 112 Å². The number of anilines is 5. The fourth-order valence-electron chi connectivity index (χ4n) is 6.77. The summed E-state index contributed by atoms with van der Waals surface area (Å²) in [5, 5.41) is 6.73. The van der Waals surface area contributed by atoms with Crippen LogP contribution in [0, 0.1) is 0 Å². The number of halogens is 3. The number of hydrogen-bond donors (Lipinski definition) is 2. The van der Waals surface area contributed by atoms with Crippen LogP contribution in [0.25, 0.3) is 17.1 Å². The Morgan fingerprint density at radius 3 is 2.38 bits per heavy atom. The SMILES string of the molecule is C=Cc1cnc(Nc2cc(CC)c(N3CCC(N4CCN(C)CC4)CC3)cc2OC(F)(F)F)nc1Nc1ccc2nccnc2c1P(C)(C)=O. The highest BCUT2D eigenvalue weighted by Gasteiger charge is 2.34. The van der Waals surface area contributed by atoms with Gasteiger partial charge in [-0.2, -0.15) is 4.98 Å². The number of nitrogens with zero attached hydrogens (tertiary/aromatic N) is 7. The molecule has 11 nitrogen and oxygen atoms in total. The maximum Gasteiger partial charge on any atom is 0.573 e. The quantitative estimate of drug-likeness (QED) is 0.177. The molecular weight excluding hydrogens is 666 g/mol. The first kappa shape index (κ1) is 35.6. The largest absolute Gasteiger partial charge is 0.573 e. The van der Waals surface area contributed by atoms with Gasteiger partial charge >= 0.3 is 6.36 Å². The van der Waals surface area contributed by atoms with E-state index in [0.29, 0.717) is 45.9 Å². The average Bonchev–Trinajstić information content (AvgIpc) is 3.08. The molecule has 2 aromatic carbocycles. The zero-order valence-electron chi connectivity index (χ0n) is 28.8. The number of piperazine rings is 1. The van der Waals surface area contributed by atoms with E-state index < -0.39 is 13.5 Å². The van der Waals surface area contributed by atoms with Crippen molar-refractivity contribution in [3.05, 3.63) is 60.6 Å². The molecule has 0 spiro atoms. The Hall–Kier alpha value is -4.26. The molecule has 0 atom stereocenters. The molecule has 0 saturated carbocycles. The summed E-state index contributed by atoms with van der Waals surface area (Å²) in [4.78, 5) is 24.8. The monoisotopic (exact) mass is 709 g/mol. The van der Waals surface area contributed by atoms with Crippen molar-refractivity contribution in [2.75, 3.05) is 75.2 Å². The predicted molar refractivity (Wildman–Crippen MR) is 194 cm³/mol. The minimum Gasteiger partial charge on any atom is -0.403 e. The molecule has 0 radical (unpaired) electrons. The number of hydrogen-bond acceptors (Lipinski definition) is 11. The van der Waals surface area contributed by atoms with E-state index in [2.05, 4.69) is 63.6 Å². The lowest BCUT2D eigenvalue weighted by molar-refractivity contribution is -0.274. The van der Waals surface area contributed by atoms with Gasteiger partial charge < -0.3 is 29.7 Å². The fourth-order valence-corrected chi connectivity index (χ4v) is 8.17. The van der Waals surface area contributed by atoms with E-state index in [-0.39, 0.29) is 17.4 Å². The van der Waals surface area contributed by atoms with Gasteiger partial charge in [0.25, 0.3) is 0 Å². The van der Waals surface area contributed by atoms with E-state index in [4.69, 9.17) is 0 Å². The predicted octanol–water partition coefficient (Wildman–Crippen LogP) is 6.48. The summed E-state index contributed by atoms with van der Waals surface area (Å²) in [6.07, 6.45) is 3.74. The van der Waals surface area contributed by atoms with E-state index >= 15 is 0 Å². The molecule has 50 heavy (non-hydrogen) atoms. The van der Waals surface area contributed by atoms with Crippen LogP contribution in [0.4, 0.5) is 42.0 Å². The van der Waals surface area contributed by atoms with Crippen LogP contribution in [0.1, 0.15) is 30.9 Å². The average molecular weight is 710 g/mol. The first-order chi connectivity index (χ1) is 23.8. The number of aryl methyl sites for hydroxylation is 1. The van der Waals surface area contributed by atoms with Crippen molar-refractivity contribution >= 4 is 58.4 Å². The summed E-state index contributed by atoms with van der Waals surface area (Å²) >= 11 is 0. The smallest absolute Gasteiger partial charge is 0.403 e. The van der Waals surface area contributed by atoms with Gasteiger partial charge in [0.2, 0.25) is 5.95 Å². The molecule has 2 aliphatic rings. The molecule has 2 saturated heterocycles. The van der Waals surface area contributed by atoms with Gasteiger partial charge in [-0.15, -0.1) is 13.2 Å². The number of alkyl halides is 3. The molecule has 266 valence electrons. The maximum absolute atomic E-state index is 13.8. The third-order valence-electron chi connectivity index (χ3n) is 9.34.